The summed E-state index contributed by atoms with van der Waals surface area (Å²) in [6, 6.07) is 18.3. The van der Waals surface area contributed by atoms with Gasteiger partial charge >= 0.3 is 0 Å². The number of anilines is 1. The van der Waals surface area contributed by atoms with Crippen molar-refractivity contribution < 1.29 is 22.7 Å². The highest BCUT2D eigenvalue weighted by Crippen LogP contribution is 2.27. The van der Waals surface area contributed by atoms with Crippen LogP contribution in [0.2, 0.25) is 10.0 Å². The standard InChI is InChI=1S/C29H33Cl2N3O5S/c1-20(2)17-32-29(36)21(3)33(18-22-10-15-26(30)27(31)16-22)28(35)19-34(23-8-6-5-7-9-23)40(37,38)25-13-11-24(39-4)12-14-25/h5-16,20-21H,17-19H2,1-4H3,(H,32,36)/t21-/m0/s1. The number of halogens is 2. The van der Waals surface area contributed by atoms with E-state index in [2.05, 4.69) is 5.32 Å². The average molecular weight is 607 g/mol. The Bertz CT molecular complexity index is 1420. The molecule has 3 aromatic rings. The van der Waals surface area contributed by atoms with E-state index in [0.717, 1.165) is 4.31 Å². The van der Waals surface area contributed by atoms with Gasteiger partial charge in [-0.15, -0.1) is 0 Å². The van der Waals surface area contributed by atoms with E-state index < -0.39 is 28.5 Å². The number of rotatable bonds is 12. The second-order valence-electron chi connectivity index (χ2n) is 9.61. The lowest BCUT2D eigenvalue weighted by Crippen LogP contribution is -2.51. The van der Waals surface area contributed by atoms with Crippen molar-refractivity contribution in [3.8, 4) is 5.75 Å². The molecule has 0 heterocycles. The molecule has 0 radical (unpaired) electrons. The maximum absolute atomic E-state index is 13.9. The quantitative estimate of drug-likeness (QED) is 0.299. The molecule has 0 saturated heterocycles. The van der Waals surface area contributed by atoms with E-state index in [4.69, 9.17) is 27.9 Å². The van der Waals surface area contributed by atoms with Crippen molar-refractivity contribution in [1.29, 1.82) is 0 Å². The molecule has 0 bridgehead atoms. The van der Waals surface area contributed by atoms with Gasteiger partial charge in [0.15, 0.2) is 0 Å². The summed E-state index contributed by atoms with van der Waals surface area (Å²) in [4.78, 5) is 28.3. The smallest absolute Gasteiger partial charge is 0.264 e. The number of amides is 2. The summed E-state index contributed by atoms with van der Waals surface area (Å²) in [5.74, 6) is -0.223. The molecule has 0 aliphatic heterocycles. The van der Waals surface area contributed by atoms with E-state index in [-0.39, 0.29) is 23.3 Å². The zero-order valence-corrected chi connectivity index (χ0v) is 25.1. The molecule has 0 fully saturated rings. The van der Waals surface area contributed by atoms with E-state index in [1.54, 1.807) is 55.5 Å². The van der Waals surface area contributed by atoms with E-state index in [1.807, 2.05) is 13.8 Å². The summed E-state index contributed by atoms with van der Waals surface area (Å²) in [5.41, 5.74) is 0.939. The monoisotopic (exact) mass is 605 g/mol. The van der Waals surface area contributed by atoms with Crippen molar-refractivity contribution in [2.75, 3.05) is 24.5 Å². The Morgan fingerprint density at radius 2 is 1.57 bits per heavy atom. The van der Waals surface area contributed by atoms with Gasteiger partial charge in [0, 0.05) is 13.1 Å². The Morgan fingerprint density at radius 3 is 2.15 bits per heavy atom. The minimum absolute atomic E-state index is 0.0105. The number of hydrogen-bond donors (Lipinski definition) is 1. The minimum atomic E-state index is -4.17. The zero-order chi connectivity index (χ0) is 29.4. The zero-order valence-electron chi connectivity index (χ0n) is 22.8. The van der Waals surface area contributed by atoms with E-state index >= 15 is 0 Å². The Balaban J connectivity index is 2.00. The second kappa shape index (κ2) is 13.9. The number of nitrogens with one attached hydrogen (secondary N) is 1. The number of para-hydroxylation sites is 1. The molecule has 0 aromatic heterocycles. The van der Waals surface area contributed by atoms with E-state index in [9.17, 15) is 18.0 Å². The first kappa shape index (κ1) is 31.3. The molecule has 0 saturated carbocycles. The molecule has 3 aromatic carbocycles. The minimum Gasteiger partial charge on any atom is -0.497 e. The van der Waals surface area contributed by atoms with Crippen LogP contribution in [0.4, 0.5) is 5.69 Å². The molecule has 8 nitrogen and oxygen atoms in total. The van der Waals surface area contributed by atoms with Gasteiger partial charge < -0.3 is 15.0 Å². The number of benzene rings is 3. The van der Waals surface area contributed by atoms with Crippen LogP contribution in [0.5, 0.6) is 5.75 Å². The van der Waals surface area contributed by atoms with Gasteiger partial charge in [0.05, 0.1) is 27.7 Å². The fourth-order valence-electron chi connectivity index (χ4n) is 3.87. The fraction of sp³-hybridized carbons (Fsp3) is 0.310. The van der Waals surface area contributed by atoms with Crippen LogP contribution in [0, 0.1) is 5.92 Å². The first-order chi connectivity index (χ1) is 18.9. The number of methoxy groups -OCH3 is 1. The third-order valence-corrected chi connectivity index (χ3v) is 8.69. The van der Waals surface area contributed by atoms with Gasteiger partial charge in [-0.05, 0) is 66.9 Å². The Kier molecular flexibility index (Phi) is 10.8. The molecule has 0 spiro atoms. The molecule has 3 rings (SSSR count). The highest BCUT2D eigenvalue weighted by molar-refractivity contribution is 7.92. The normalized spacial score (nSPS) is 12.1. The third kappa shape index (κ3) is 7.90. The summed E-state index contributed by atoms with van der Waals surface area (Å²) >= 11 is 12.3. The first-order valence-corrected chi connectivity index (χ1v) is 14.9. The number of sulfonamides is 1. The Hall–Kier alpha value is -3.27. The van der Waals surface area contributed by atoms with Crippen LogP contribution in [0.15, 0.2) is 77.7 Å². The molecule has 11 heteroatoms. The van der Waals surface area contributed by atoms with Crippen LogP contribution in [0.1, 0.15) is 26.3 Å². The van der Waals surface area contributed by atoms with Crippen LogP contribution in [-0.4, -0.2) is 51.4 Å². The number of ether oxygens (including phenoxy) is 1. The lowest BCUT2D eigenvalue weighted by Gasteiger charge is -2.32. The Labute approximate surface area is 245 Å². The molecule has 0 aliphatic carbocycles. The summed E-state index contributed by atoms with van der Waals surface area (Å²) < 4.78 is 33.8. The summed E-state index contributed by atoms with van der Waals surface area (Å²) in [5, 5.41) is 3.51. The summed E-state index contributed by atoms with van der Waals surface area (Å²) in [7, 11) is -2.68. The maximum Gasteiger partial charge on any atom is 0.264 e. The summed E-state index contributed by atoms with van der Waals surface area (Å²) in [6.07, 6.45) is 0. The fourth-order valence-corrected chi connectivity index (χ4v) is 5.60. The summed E-state index contributed by atoms with van der Waals surface area (Å²) in [6.45, 7) is 5.44. The van der Waals surface area contributed by atoms with Crippen molar-refractivity contribution in [2.24, 2.45) is 5.92 Å². The first-order valence-electron chi connectivity index (χ1n) is 12.7. The number of nitrogens with zero attached hydrogens (tertiary/aromatic N) is 2. The molecule has 0 aliphatic rings. The molecule has 40 heavy (non-hydrogen) atoms. The van der Waals surface area contributed by atoms with Crippen LogP contribution >= 0.6 is 23.2 Å². The molecule has 214 valence electrons. The SMILES string of the molecule is COc1ccc(S(=O)(=O)N(CC(=O)N(Cc2ccc(Cl)c(Cl)c2)[C@@H](C)C(=O)NCC(C)C)c2ccccc2)cc1. The van der Waals surface area contributed by atoms with Gasteiger partial charge in [0.25, 0.3) is 10.0 Å². The van der Waals surface area contributed by atoms with Crippen LogP contribution in [-0.2, 0) is 26.2 Å². The van der Waals surface area contributed by atoms with Crippen molar-refractivity contribution >= 4 is 50.7 Å². The maximum atomic E-state index is 13.9. The van der Waals surface area contributed by atoms with Crippen LogP contribution < -0.4 is 14.4 Å². The predicted molar refractivity (Wildman–Crippen MR) is 158 cm³/mol. The predicted octanol–water partition coefficient (Wildman–Crippen LogP) is 5.39. The molecular weight excluding hydrogens is 573 g/mol. The largest absolute Gasteiger partial charge is 0.497 e. The second-order valence-corrected chi connectivity index (χ2v) is 12.3. The van der Waals surface area contributed by atoms with Gasteiger partial charge in [-0.1, -0.05) is 61.3 Å². The lowest BCUT2D eigenvalue weighted by molar-refractivity contribution is -0.139. The topological polar surface area (TPSA) is 96.0 Å². The highest BCUT2D eigenvalue weighted by Gasteiger charge is 2.32. The van der Waals surface area contributed by atoms with Gasteiger partial charge in [0.2, 0.25) is 11.8 Å². The Morgan fingerprint density at radius 1 is 0.925 bits per heavy atom. The van der Waals surface area contributed by atoms with E-state index in [1.165, 1.54) is 36.3 Å². The molecule has 2 amide bonds. The lowest BCUT2D eigenvalue weighted by atomic mass is 10.1. The van der Waals surface area contributed by atoms with Crippen LogP contribution in [0.3, 0.4) is 0 Å². The number of carbonyl (C=O) groups excluding carboxylic acids is 2. The number of hydrogen-bond acceptors (Lipinski definition) is 5. The van der Waals surface area contributed by atoms with Gasteiger partial charge in [-0.2, -0.15) is 0 Å². The van der Waals surface area contributed by atoms with Gasteiger partial charge in [-0.3, -0.25) is 13.9 Å². The molecule has 1 N–H and O–H groups in total. The molecular formula is C29H33Cl2N3O5S. The van der Waals surface area contributed by atoms with Crippen molar-refractivity contribution in [2.45, 2.75) is 38.3 Å². The van der Waals surface area contributed by atoms with E-state index in [0.29, 0.717) is 33.6 Å². The van der Waals surface area contributed by atoms with Gasteiger partial charge in [0.1, 0.15) is 18.3 Å². The third-order valence-electron chi connectivity index (χ3n) is 6.16. The molecule has 1 atom stereocenters. The average Bonchev–Trinajstić information content (AvgIpc) is 2.95. The van der Waals surface area contributed by atoms with Crippen LogP contribution in [0.25, 0.3) is 0 Å². The van der Waals surface area contributed by atoms with Crippen molar-refractivity contribution in [3.05, 3.63) is 88.4 Å². The molecule has 0 unspecified atom stereocenters. The van der Waals surface area contributed by atoms with Crippen molar-refractivity contribution in [3.63, 3.8) is 0 Å². The number of carbonyl (C=O) groups is 2. The van der Waals surface area contributed by atoms with Crippen molar-refractivity contribution in [1.82, 2.24) is 10.2 Å². The van der Waals surface area contributed by atoms with Gasteiger partial charge in [-0.25, -0.2) is 8.42 Å². The highest BCUT2D eigenvalue weighted by atomic mass is 35.5.